The van der Waals surface area contributed by atoms with Crippen LogP contribution in [0.5, 0.6) is 0 Å². The summed E-state index contributed by atoms with van der Waals surface area (Å²) in [5.41, 5.74) is 0. The van der Waals surface area contributed by atoms with Crippen LogP contribution in [-0.2, 0) is 0 Å². The van der Waals surface area contributed by atoms with E-state index in [0.717, 1.165) is 0 Å². The smallest absolute Gasteiger partial charge is 0.894 e. The predicted molar refractivity (Wildman–Crippen MR) is 26.1 cm³/mol. The van der Waals surface area contributed by atoms with Crippen molar-refractivity contribution < 1.29 is 67.9 Å². The SMILES string of the molecule is O[Si](O)(O)O.[Al+3].[Na+].[O-][Si]([O-])([O-])[O-]. The van der Waals surface area contributed by atoms with Crippen molar-refractivity contribution in [2.24, 2.45) is 0 Å². The molecule has 0 amide bonds. The van der Waals surface area contributed by atoms with Gasteiger partial charge in [-0.05, 0) is 0 Å². The third kappa shape index (κ3) is 487. The van der Waals surface area contributed by atoms with Crippen LogP contribution in [0.3, 0.4) is 0 Å². The van der Waals surface area contributed by atoms with Gasteiger partial charge in [-0.25, -0.2) is 0 Å². The Labute approximate surface area is 103 Å². The second-order valence-electron chi connectivity index (χ2n) is 1.10. The zero-order valence-electron chi connectivity index (χ0n) is 6.00. The predicted octanol–water partition coefficient (Wildman–Crippen LogP) is -11.1. The van der Waals surface area contributed by atoms with Crippen molar-refractivity contribution in [2.45, 2.75) is 0 Å². The van der Waals surface area contributed by atoms with E-state index in [1.54, 1.807) is 0 Å². The Hall–Kier alpha value is 1.65. The minimum Gasteiger partial charge on any atom is -0.894 e. The van der Waals surface area contributed by atoms with Crippen LogP contribution >= 0.6 is 0 Å². The van der Waals surface area contributed by atoms with E-state index < -0.39 is 18.1 Å². The topological polar surface area (TPSA) is 173 Å². The van der Waals surface area contributed by atoms with Crippen molar-refractivity contribution in [1.82, 2.24) is 0 Å². The van der Waals surface area contributed by atoms with Gasteiger partial charge < -0.3 is 47.4 Å². The summed E-state index contributed by atoms with van der Waals surface area (Å²) in [6, 6.07) is 0. The first kappa shape index (κ1) is 23.5. The minimum atomic E-state index is -5.61. The summed E-state index contributed by atoms with van der Waals surface area (Å²) in [6.45, 7) is 0. The van der Waals surface area contributed by atoms with Gasteiger partial charge in [-0.1, -0.05) is 0 Å². The van der Waals surface area contributed by atoms with Gasteiger partial charge in [0.1, 0.15) is 0 Å². The molecule has 0 aliphatic carbocycles. The van der Waals surface area contributed by atoms with E-state index in [2.05, 4.69) is 0 Å². The average Bonchev–Trinajstić information content (AvgIpc) is 1.12. The molecule has 12 heteroatoms. The number of rotatable bonds is 0. The van der Waals surface area contributed by atoms with Gasteiger partial charge in [-0.2, -0.15) is 0 Å². The van der Waals surface area contributed by atoms with Gasteiger partial charge in [-0.15, -0.1) is 0 Å². The molecule has 0 saturated carbocycles. The maximum atomic E-state index is 8.58. The fraction of sp³-hybridized carbons (Fsp3) is 0. The fourth-order valence-corrected chi connectivity index (χ4v) is 0. The van der Waals surface area contributed by atoms with E-state index in [9.17, 15) is 0 Å². The molecule has 0 bridgehead atoms. The minimum absolute atomic E-state index is 0. The Morgan fingerprint density at radius 1 is 0.750 bits per heavy atom. The summed E-state index contributed by atoms with van der Waals surface area (Å²) in [7, 11) is -10.2. The number of hydrogen-bond acceptors (Lipinski definition) is 8. The third-order valence-electron chi connectivity index (χ3n) is 0. The molecule has 0 radical (unpaired) electrons. The van der Waals surface area contributed by atoms with Crippen LogP contribution in [0.25, 0.3) is 0 Å². The summed E-state index contributed by atoms with van der Waals surface area (Å²) in [4.78, 5) is 63.6. The van der Waals surface area contributed by atoms with E-state index in [4.69, 9.17) is 38.4 Å². The zero-order chi connectivity index (χ0) is 9.00. The molecule has 0 aliphatic rings. The molecular weight excluding hydrogens is 234 g/mol. The Balaban J connectivity index is -0.0000000457. The monoisotopic (exact) mass is 238 g/mol. The largest absolute Gasteiger partial charge is 3.00 e. The molecule has 0 atom stereocenters. The Morgan fingerprint density at radius 3 is 0.750 bits per heavy atom. The van der Waals surface area contributed by atoms with E-state index >= 15 is 0 Å². The van der Waals surface area contributed by atoms with Crippen LogP contribution in [0.4, 0.5) is 0 Å². The molecule has 64 valence electrons. The third-order valence-corrected chi connectivity index (χ3v) is 0. The van der Waals surface area contributed by atoms with Crippen molar-refractivity contribution in [2.75, 3.05) is 0 Å². The molecule has 0 spiro atoms. The van der Waals surface area contributed by atoms with Gasteiger partial charge in [-0.3, -0.25) is 0 Å². The summed E-state index contributed by atoms with van der Waals surface area (Å²) < 4.78 is 0. The average molecular weight is 238 g/mol. The normalized spacial score (nSPS) is 10.0. The second kappa shape index (κ2) is 9.21. The maximum absolute atomic E-state index is 8.58. The number of hydrogen-bond donors (Lipinski definition) is 4. The van der Waals surface area contributed by atoms with Gasteiger partial charge >= 0.3 is 56.0 Å². The first-order chi connectivity index (χ1) is 4.00. The van der Waals surface area contributed by atoms with Crippen molar-refractivity contribution in [3.05, 3.63) is 0 Å². The molecule has 0 rings (SSSR count). The molecule has 0 aliphatic heterocycles. The molecule has 12 heavy (non-hydrogen) atoms. The Kier molecular flexibility index (Phi) is 18.0. The molecule has 0 aromatic carbocycles. The van der Waals surface area contributed by atoms with E-state index in [0.29, 0.717) is 0 Å². The van der Waals surface area contributed by atoms with E-state index in [-0.39, 0.29) is 46.9 Å². The molecule has 8 nitrogen and oxygen atoms in total. The van der Waals surface area contributed by atoms with Crippen molar-refractivity contribution in [3.63, 3.8) is 0 Å². The maximum Gasteiger partial charge on any atom is 3.00 e. The molecule has 0 aromatic rings. The van der Waals surface area contributed by atoms with Gasteiger partial charge in [0.05, 0.1) is 0 Å². The molecule has 0 aromatic heterocycles. The van der Waals surface area contributed by atoms with Gasteiger partial charge in [0.25, 0.3) is 0 Å². The van der Waals surface area contributed by atoms with Gasteiger partial charge in [0, 0.05) is 0 Å². The summed E-state index contributed by atoms with van der Waals surface area (Å²) >= 11 is 0. The molecule has 4 N–H and O–H groups in total. The van der Waals surface area contributed by atoms with Crippen LogP contribution in [0.2, 0.25) is 0 Å². The molecule has 0 heterocycles. The Bertz CT molecular complexity index is 60.0. The van der Waals surface area contributed by atoms with Crippen LogP contribution in [0, 0.1) is 0 Å². The summed E-state index contributed by atoms with van der Waals surface area (Å²) in [5.74, 6) is 0. The van der Waals surface area contributed by atoms with E-state index in [1.807, 2.05) is 0 Å². The molecule has 0 saturated heterocycles. The van der Waals surface area contributed by atoms with Gasteiger partial charge in [0.15, 0.2) is 0 Å². The van der Waals surface area contributed by atoms with Crippen LogP contribution < -0.4 is 48.7 Å². The first-order valence-corrected chi connectivity index (χ1v) is 5.13. The summed E-state index contributed by atoms with van der Waals surface area (Å²) in [5, 5.41) is 0. The Morgan fingerprint density at radius 2 is 0.750 bits per heavy atom. The quantitative estimate of drug-likeness (QED) is 0.301. The molecular formula is H4AlNaO8Si2. The van der Waals surface area contributed by atoms with Crippen LogP contribution in [-0.4, -0.2) is 54.6 Å². The van der Waals surface area contributed by atoms with Crippen molar-refractivity contribution in [3.8, 4) is 0 Å². The fourth-order valence-electron chi connectivity index (χ4n) is 0. The first-order valence-electron chi connectivity index (χ1n) is 1.71. The second-order valence-corrected chi connectivity index (χ2v) is 3.30. The van der Waals surface area contributed by atoms with Gasteiger partial charge in [0.2, 0.25) is 0 Å². The van der Waals surface area contributed by atoms with E-state index in [1.165, 1.54) is 0 Å². The summed E-state index contributed by atoms with van der Waals surface area (Å²) in [6.07, 6.45) is 0. The standard InChI is InChI=1S/Al.Na.H4O4Si.O4Si/c;;2*1-5(2,3)4/h;;1-4H;/q+3;+1;;-4. The molecule has 0 unspecified atom stereocenters. The molecule has 0 fully saturated rings. The van der Waals surface area contributed by atoms with Crippen molar-refractivity contribution >= 4 is 35.5 Å². The van der Waals surface area contributed by atoms with Crippen LogP contribution in [0.1, 0.15) is 0 Å². The van der Waals surface area contributed by atoms with Crippen LogP contribution in [0.15, 0.2) is 0 Å². The zero-order valence-corrected chi connectivity index (χ0v) is 11.2. The van der Waals surface area contributed by atoms with Crippen molar-refractivity contribution in [1.29, 1.82) is 0 Å².